The molecule has 0 spiro atoms. The van der Waals surface area contributed by atoms with E-state index >= 15 is 0 Å². The number of pyridine rings is 1. The molecule has 4 N–H and O–H groups in total. The molecule has 98 valence electrons. The summed E-state index contributed by atoms with van der Waals surface area (Å²) in [6.45, 7) is 1.61. The van der Waals surface area contributed by atoms with Crippen molar-refractivity contribution in [1.29, 1.82) is 0 Å². The first-order valence-electron chi connectivity index (χ1n) is 5.37. The van der Waals surface area contributed by atoms with Crippen LogP contribution in [0.5, 0.6) is 0 Å². The van der Waals surface area contributed by atoms with E-state index in [9.17, 15) is 14.0 Å². The second-order valence-corrected chi connectivity index (χ2v) is 3.82. The predicted molar refractivity (Wildman–Crippen MR) is 64.5 cm³/mol. The van der Waals surface area contributed by atoms with Gasteiger partial charge in [0.1, 0.15) is 0 Å². The molecule has 2 amide bonds. The Morgan fingerprint density at radius 3 is 2.78 bits per heavy atom. The van der Waals surface area contributed by atoms with Gasteiger partial charge in [-0.15, -0.1) is 0 Å². The van der Waals surface area contributed by atoms with Crippen LogP contribution in [0.1, 0.15) is 23.7 Å². The summed E-state index contributed by atoms with van der Waals surface area (Å²) < 4.78 is 13.8. The monoisotopic (exact) mass is 254 g/mol. The molecule has 1 rings (SSSR count). The van der Waals surface area contributed by atoms with Crippen molar-refractivity contribution in [2.24, 2.45) is 5.73 Å². The Bertz CT molecular complexity index is 464. The molecule has 0 fully saturated rings. The number of anilines is 1. The lowest BCUT2D eigenvalue weighted by atomic mass is 10.2. The van der Waals surface area contributed by atoms with Gasteiger partial charge < -0.3 is 16.4 Å². The van der Waals surface area contributed by atoms with Crippen LogP contribution in [0.15, 0.2) is 12.3 Å². The third-order valence-corrected chi connectivity index (χ3v) is 2.26. The average molecular weight is 254 g/mol. The first kappa shape index (κ1) is 13.9. The van der Waals surface area contributed by atoms with E-state index in [0.29, 0.717) is 0 Å². The minimum atomic E-state index is -0.733. The van der Waals surface area contributed by atoms with E-state index in [1.54, 1.807) is 6.92 Å². The molecule has 0 saturated heterocycles. The molecule has 0 aliphatic carbocycles. The number of carbonyl (C=O) groups is 2. The van der Waals surface area contributed by atoms with Crippen molar-refractivity contribution in [2.75, 3.05) is 12.4 Å². The van der Waals surface area contributed by atoms with Gasteiger partial charge in [-0.3, -0.25) is 9.59 Å². The van der Waals surface area contributed by atoms with Crippen molar-refractivity contribution in [1.82, 2.24) is 10.3 Å². The molecule has 0 aromatic carbocycles. The fraction of sp³-hybridized carbons (Fsp3) is 0.364. The Labute approximate surface area is 104 Å². The van der Waals surface area contributed by atoms with E-state index in [2.05, 4.69) is 15.6 Å². The van der Waals surface area contributed by atoms with Crippen molar-refractivity contribution in [2.45, 2.75) is 19.4 Å². The molecule has 0 aliphatic rings. The van der Waals surface area contributed by atoms with Gasteiger partial charge in [0.15, 0.2) is 11.6 Å². The van der Waals surface area contributed by atoms with E-state index in [4.69, 9.17) is 5.73 Å². The zero-order valence-electron chi connectivity index (χ0n) is 10.2. The Balaban J connectivity index is 2.81. The predicted octanol–water partition coefficient (Wildman–Crippen LogP) is 0.256. The van der Waals surface area contributed by atoms with E-state index in [-0.39, 0.29) is 17.8 Å². The highest BCUT2D eigenvalue weighted by Crippen LogP contribution is 2.14. The van der Waals surface area contributed by atoms with Crippen LogP contribution in [0.2, 0.25) is 0 Å². The van der Waals surface area contributed by atoms with Crippen LogP contribution in [0.4, 0.5) is 10.2 Å². The SMILES string of the molecule is CNc1nccc(C(=O)NC(C)CC(N)=O)c1F. The Kier molecular flexibility index (Phi) is 4.59. The van der Waals surface area contributed by atoms with Gasteiger partial charge in [-0.05, 0) is 13.0 Å². The molecule has 18 heavy (non-hydrogen) atoms. The lowest BCUT2D eigenvalue weighted by Crippen LogP contribution is -2.36. The van der Waals surface area contributed by atoms with Crippen molar-refractivity contribution < 1.29 is 14.0 Å². The highest BCUT2D eigenvalue weighted by molar-refractivity contribution is 5.95. The Hall–Kier alpha value is -2.18. The number of halogens is 1. The van der Waals surface area contributed by atoms with Crippen LogP contribution < -0.4 is 16.4 Å². The Morgan fingerprint density at radius 2 is 2.22 bits per heavy atom. The molecule has 0 radical (unpaired) electrons. The zero-order valence-corrected chi connectivity index (χ0v) is 10.2. The standard InChI is InChI=1S/C11H15FN4O2/c1-6(5-8(13)17)16-11(18)7-3-4-15-10(14-2)9(7)12/h3-4,6H,5H2,1-2H3,(H2,13,17)(H,14,15)(H,16,18). The van der Waals surface area contributed by atoms with Crippen LogP contribution in [-0.2, 0) is 4.79 Å². The van der Waals surface area contributed by atoms with Gasteiger partial charge in [-0.1, -0.05) is 0 Å². The van der Waals surface area contributed by atoms with Crippen molar-refractivity contribution in [3.8, 4) is 0 Å². The maximum Gasteiger partial charge on any atom is 0.254 e. The first-order chi connectivity index (χ1) is 8.45. The number of amides is 2. The maximum absolute atomic E-state index is 13.8. The second-order valence-electron chi connectivity index (χ2n) is 3.82. The lowest BCUT2D eigenvalue weighted by Gasteiger charge is -2.13. The van der Waals surface area contributed by atoms with Gasteiger partial charge in [0.25, 0.3) is 5.91 Å². The molecule has 0 saturated carbocycles. The topological polar surface area (TPSA) is 97.1 Å². The summed E-state index contributed by atoms with van der Waals surface area (Å²) in [6, 6.07) is 0.809. The van der Waals surface area contributed by atoms with Gasteiger partial charge in [-0.2, -0.15) is 0 Å². The van der Waals surface area contributed by atoms with Gasteiger partial charge >= 0.3 is 0 Å². The number of hydrogen-bond acceptors (Lipinski definition) is 4. The third kappa shape index (κ3) is 3.41. The van der Waals surface area contributed by atoms with Crippen molar-refractivity contribution >= 4 is 17.6 Å². The van der Waals surface area contributed by atoms with Gasteiger partial charge in [0.05, 0.1) is 5.56 Å². The number of primary amides is 1. The van der Waals surface area contributed by atoms with Gasteiger partial charge in [0, 0.05) is 25.7 Å². The molecular formula is C11H15FN4O2. The minimum Gasteiger partial charge on any atom is -0.371 e. The summed E-state index contributed by atoms with van der Waals surface area (Å²) in [6.07, 6.45) is 1.32. The highest BCUT2D eigenvalue weighted by Gasteiger charge is 2.17. The number of aromatic nitrogens is 1. The molecular weight excluding hydrogens is 239 g/mol. The quantitative estimate of drug-likeness (QED) is 0.702. The second kappa shape index (κ2) is 5.95. The molecule has 1 aromatic rings. The number of hydrogen-bond donors (Lipinski definition) is 3. The smallest absolute Gasteiger partial charge is 0.254 e. The number of nitrogens with two attached hydrogens (primary N) is 1. The maximum atomic E-state index is 13.8. The van der Waals surface area contributed by atoms with Crippen LogP contribution in [0, 0.1) is 5.82 Å². The summed E-state index contributed by atoms with van der Waals surface area (Å²) in [5.41, 5.74) is 4.87. The third-order valence-electron chi connectivity index (χ3n) is 2.26. The fourth-order valence-electron chi connectivity index (χ4n) is 1.45. The molecule has 0 aliphatic heterocycles. The summed E-state index contributed by atoms with van der Waals surface area (Å²) in [4.78, 5) is 26.2. The van der Waals surface area contributed by atoms with E-state index < -0.39 is 23.7 Å². The molecule has 1 heterocycles. The highest BCUT2D eigenvalue weighted by atomic mass is 19.1. The largest absolute Gasteiger partial charge is 0.371 e. The summed E-state index contributed by atoms with van der Waals surface area (Å²) in [7, 11) is 1.50. The van der Waals surface area contributed by atoms with Crippen molar-refractivity contribution in [3.63, 3.8) is 0 Å². The fourth-order valence-corrected chi connectivity index (χ4v) is 1.45. The van der Waals surface area contributed by atoms with E-state index in [0.717, 1.165) is 0 Å². The van der Waals surface area contributed by atoms with Crippen LogP contribution in [0.25, 0.3) is 0 Å². The van der Waals surface area contributed by atoms with Crippen molar-refractivity contribution in [3.05, 3.63) is 23.6 Å². The van der Waals surface area contributed by atoms with Gasteiger partial charge in [-0.25, -0.2) is 9.37 Å². The normalized spacial score (nSPS) is 11.7. The molecule has 1 atom stereocenters. The number of carbonyl (C=O) groups excluding carboxylic acids is 2. The molecule has 0 bridgehead atoms. The summed E-state index contributed by atoms with van der Waals surface area (Å²) in [5, 5.41) is 5.02. The van der Waals surface area contributed by atoms with E-state index in [1.165, 1.54) is 19.3 Å². The number of nitrogens with zero attached hydrogens (tertiary/aromatic N) is 1. The summed E-state index contributed by atoms with van der Waals surface area (Å²) in [5.74, 6) is -1.89. The van der Waals surface area contributed by atoms with E-state index in [1.807, 2.05) is 0 Å². The minimum absolute atomic E-state index is 0.00265. The zero-order chi connectivity index (χ0) is 13.7. The molecule has 6 nitrogen and oxygen atoms in total. The summed E-state index contributed by atoms with van der Waals surface area (Å²) >= 11 is 0. The molecule has 1 unspecified atom stereocenters. The number of nitrogens with one attached hydrogen (secondary N) is 2. The first-order valence-corrected chi connectivity index (χ1v) is 5.37. The van der Waals surface area contributed by atoms with Crippen LogP contribution in [-0.4, -0.2) is 29.9 Å². The van der Waals surface area contributed by atoms with Crippen LogP contribution in [0.3, 0.4) is 0 Å². The molecule has 7 heteroatoms. The number of rotatable bonds is 5. The van der Waals surface area contributed by atoms with Crippen LogP contribution >= 0.6 is 0 Å². The van der Waals surface area contributed by atoms with Gasteiger partial charge in [0.2, 0.25) is 5.91 Å². The average Bonchev–Trinajstić information content (AvgIpc) is 2.27. The Morgan fingerprint density at radius 1 is 1.56 bits per heavy atom. The molecule has 1 aromatic heterocycles. The lowest BCUT2D eigenvalue weighted by molar-refractivity contribution is -0.118.